The zero-order valence-corrected chi connectivity index (χ0v) is 12.2. The van der Waals surface area contributed by atoms with Crippen LogP contribution in [0.5, 0.6) is 0 Å². The standard InChI is InChI=1S/C12H15N3O5S/c1-13-14-8-6-7(2-3-9(16)17)12(21)15(11(8)20)5-4-10(18)19/h6,21H,2-5H2,1H3,(H,16,17)(H,18,19). The summed E-state index contributed by atoms with van der Waals surface area (Å²) in [5.41, 5.74) is 0.0279. The smallest absolute Gasteiger partial charge is 0.305 e. The van der Waals surface area contributed by atoms with E-state index in [1.807, 2.05) is 0 Å². The van der Waals surface area contributed by atoms with Crippen molar-refractivity contribution in [3.8, 4) is 0 Å². The van der Waals surface area contributed by atoms with Crippen molar-refractivity contribution in [1.82, 2.24) is 4.57 Å². The lowest BCUT2D eigenvalue weighted by Gasteiger charge is -2.13. The molecule has 0 radical (unpaired) electrons. The Hall–Kier alpha value is -2.16. The molecule has 0 saturated heterocycles. The van der Waals surface area contributed by atoms with Gasteiger partial charge in [0.15, 0.2) is 5.69 Å². The Labute approximate surface area is 125 Å². The first-order valence-corrected chi connectivity index (χ1v) is 6.50. The maximum Gasteiger partial charge on any atom is 0.305 e. The number of nitrogens with zero attached hydrogens (tertiary/aromatic N) is 3. The minimum absolute atomic E-state index is 0.0288. The molecule has 21 heavy (non-hydrogen) atoms. The molecule has 0 fully saturated rings. The van der Waals surface area contributed by atoms with E-state index >= 15 is 0 Å². The molecule has 0 amide bonds. The molecule has 0 bridgehead atoms. The summed E-state index contributed by atoms with van der Waals surface area (Å²) >= 11 is 4.21. The number of carboxylic acid groups (broad SMARTS) is 2. The number of azo groups is 1. The third-order valence-corrected chi connectivity index (χ3v) is 3.21. The maximum absolute atomic E-state index is 12.1. The van der Waals surface area contributed by atoms with Gasteiger partial charge in [0.2, 0.25) is 0 Å². The van der Waals surface area contributed by atoms with Crippen molar-refractivity contribution in [2.24, 2.45) is 10.2 Å². The summed E-state index contributed by atoms with van der Waals surface area (Å²) in [6, 6.07) is 1.43. The van der Waals surface area contributed by atoms with E-state index in [0.29, 0.717) is 5.56 Å². The van der Waals surface area contributed by atoms with Crippen molar-refractivity contribution in [2.45, 2.75) is 30.8 Å². The van der Waals surface area contributed by atoms with E-state index in [9.17, 15) is 14.4 Å². The van der Waals surface area contributed by atoms with Gasteiger partial charge in [-0.3, -0.25) is 14.4 Å². The van der Waals surface area contributed by atoms with Gasteiger partial charge in [-0.25, -0.2) is 0 Å². The van der Waals surface area contributed by atoms with Gasteiger partial charge in [-0.15, -0.1) is 12.6 Å². The average Bonchev–Trinajstić information content (AvgIpc) is 2.40. The van der Waals surface area contributed by atoms with Crippen LogP contribution in [-0.2, 0) is 22.6 Å². The highest BCUT2D eigenvalue weighted by molar-refractivity contribution is 7.80. The molecule has 1 aromatic rings. The van der Waals surface area contributed by atoms with Gasteiger partial charge < -0.3 is 14.8 Å². The minimum Gasteiger partial charge on any atom is -0.481 e. The number of thiol groups is 1. The highest BCUT2D eigenvalue weighted by Crippen LogP contribution is 2.20. The van der Waals surface area contributed by atoms with Gasteiger partial charge in [0.1, 0.15) is 0 Å². The summed E-state index contributed by atoms with van der Waals surface area (Å²) in [5.74, 6) is -2.03. The van der Waals surface area contributed by atoms with Crippen molar-refractivity contribution in [3.63, 3.8) is 0 Å². The number of aromatic nitrogens is 1. The fourth-order valence-corrected chi connectivity index (χ4v) is 2.09. The Bertz CT molecular complexity index is 639. The Kier molecular flexibility index (Phi) is 6.10. The van der Waals surface area contributed by atoms with Gasteiger partial charge in [0.25, 0.3) is 5.56 Å². The molecule has 0 aliphatic carbocycles. The third-order valence-electron chi connectivity index (χ3n) is 2.68. The quantitative estimate of drug-likeness (QED) is 0.518. The van der Waals surface area contributed by atoms with Crippen LogP contribution >= 0.6 is 12.6 Å². The molecule has 0 spiro atoms. The van der Waals surface area contributed by atoms with Crippen LogP contribution in [0.4, 0.5) is 5.69 Å². The van der Waals surface area contributed by atoms with Crippen LogP contribution in [0.25, 0.3) is 0 Å². The predicted octanol–water partition coefficient (Wildman–Crippen LogP) is 1.34. The molecular formula is C12H15N3O5S. The van der Waals surface area contributed by atoms with E-state index in [4.69, 9.17) is 10.2 Å². The molecule has 1 aromatic heterocycles. The molecule has 114 valence electrons. The van der Waals surface area contributed by atoms with Crippen LogP contribution in [0.3, 0.4) is 0 Å². The summed E-state index contributed by atoms with van der Waals surface area (Å²) in [6.07, 6.45) is -0.223. The molecule has 0 atom stereocenters. The van der Waals surface area contributed by atoms with Crippen molar-refractivity contribution >= 4 is 30.3 Å². The van der Waals surface area contributed by atoms with E-state index in [1.165, 1.54) is 17.7 Å². The summed E-state index contributed by atoms with van der Waals surface area (Å²) in [7, 11) is 1.40. The van der Waals surface area contributed by atoms with Crippen molar-refractivity contribution < 1.29 is 19.8 Å². The lowest BCUT2D eigenvalue weighted by Crippen LogP contribution is -2.23. The zero-order valence-electron chi connectivity index (χ0n) is 11.3. The van der Waals surface area contributed by atoms with Crippen LogP contribution in [0.2, 0.25) is 0 Å². The molecule has 0 aliphatic heterocycles. The lowest BCUT2D eigenvalue weighted by atomic mass is 10.1. The maximum atomic E-state index is 12.1. The fraction of sp³-hybridized carbons (Fsp3) is 0.417. The van der Waals surface area contributed by atoms with E-state index in [1.54, 1.807) is 0 Å². The molecule has 8 nitrogen and oxygen atoms in total. The molecule has 0 aromatic carbocycles. The van der Waals surface area contributed by atoms with Crippen LogP contribution in [0.15, 0.2) is 26.1 Å². The van der Waals surface area contributed by atoms with Gasteiger partial charge in [-0.2, -0.15) is 10.2 Å². The summed E-state index contributed by atoms with van der Waals surface area (Å²) in [4.78, 5) is 33.4. The number of aliphatic carboxylic acids is 2. The summed E-state index contributed by atoms with van der Waals surface area (Å²) in [5, 5.41) is 24.9. The minimum atomic E-state index is -1.05. The number of aryl methyl sites for hydroxylation is 1. The molecular weight excluding hydrogens is 298 g/mol. The Morgan fingerprint density at radius 1 is 1.29 bits per heavy atom. The number of hydrogen-bond donors (Lipinski definition) is 3. The van der Waals surface area contributed by atoms with Crippen LogP contribution in [-0.4, -0.2) is 33.8 Å². The van der Waals surface area contributed by atoms with Gasteiger partial charge in [0, 0.05) is 20.0 Å². The number of rotatable bonds is 7. The van der Waals surface area contributed by atoms with Crippen molar-refractivity contribution in [2.75, 3.05) is 7.05 Å². The topological polar surface area (TPSA) is 121 Å². The lowest BCUT2D eigenvalue weighted by molar-refractivity contribution is -0.138. The normalized spacial score (nSPS) is 11.0. The first-order chi connectivity index (χ1) is 9.86. The average molecular weight is 313 g/mol. The van der Waals surface area contributed by atoms with Crippen LogP contribution in [0, 0.1) is 0 Å². The first-order valence-electron chi connectivity index (χ1n) is 6.06. The Morgan fingerprint density at radius 3 is 2.43 bits per heavy atom. The van der Waals surface area contributed by atoms with Crippen LogP contribution in [0.1, 0.15) is 18.4 Å². The zero-order chi connectivity index (χ0) is 16.0. The summed E-state index contributed by atoms with van der Waals surface area (Å²) < 4.78 is 1.17. The monoisotopic (exact) mass is 313 g/mol. The van der Waals surface area contributed by atoms with E-state index < -0.39 is 17.5 Å². The van der Waals surface area contributed by atoms with Gasteiger partial charge >= 0.3 is 11.9 Å². The van der Waals surface area contributed by atoms with Gasteiger partial charge in [0.05, 0.1) is 11.4 Å². The number of carbonyl (C=O) groups is 2. The van der Waals surface area contributed by atoms with Gasteiger partial charge in [-0.05, 0) is 18.1 Å². The van der Waals surface area contributed by atoms with E-state index in [2.05, 4.69) is 22.9 Å². The highest BCUT2D eigenvalue weighted by atomic mass is 32.1. The molecule has 1 heterocycles. The Morgan fingerprint density at radius 2 is 1.90 bits per heavy atom. The van der Waals surface area contributed by atoms with Gasteiger partial charge in [-0.1, -0.05) is 0 Å². The fourth-order valence-electron chi connectivity index (χ4n) is 1.72. The van der Waals surface area contributed by atoms with E-state index in [0.717, 1.165) is 0 Å². The molecule has 2 N–H and O–H groups in total. The largest absolute Gasteiger partial charge is 0.481 e. The molecule has 9 heteroatoms. The second-order valence-corrected chi connectivity index (χ2v) is 4.60. The number of pyridine rings is 1. The first kappa shape index (κ1) is 16.9. The van der Waals surface area contributed by atoms with Crippen molar-refractivity contribution in [3.05, 3.63) is 22.0 Å². The second kappa shape index (κ2) is 7.58. The summed E-state index contributed by atoms with van der Waals surface area (Å²) in [6.45, 7) is -0.0693. The number of carboxylic acids is 2. The van der Waals surface area contributed by atoms with E-state index in [-0.39, 0.29) is 36.5 Å². The molecule has 0 saturated carbocycles. The Balaban J connectivity index is 3.28. The highest BCUT2D eigenvalue weighted by Gasteiger charge is 2.14. The predicted molar refractivity (Wildman–Crippen MR) is 76.6 cm³/mol. The van der Waals surface area contributed by atoms with Crippen molar-refractivity contribution in [1.29, 1.82) is 0 Å². The molecule has 0 aliphatic rings. The second-order valence-electron chi connectivity index (χ2n) is 4.17. The van der Waals surface area contributed by atoms with Crippen LogP contribution < -0.4 is 5.56 Å². The number of hydrogen-bond acceptors (Lipinski definition) is 6. The SMILES string of the molecule is CN=Nc1cc(CCC(=O)O)c(S)n(CCC(=O)O)c1=O. The third kappa shape index (κ3) is 4.71. The molecule has 1 rings (SSSR count). The molecule has 0 unspecified atom stereocenters.